The standard InChI is InChI=1S/C17H13ClF3NO5/c1-26-15(23)9-22(25)16(24)10-3-2-4-12(7-10)27-14-6-5-11(8-13(14)18)17(19,20)21/h2-8,25H,9H2,1H3. The molecule has 0 heterocycles. The molecule has 144 valence electrons. The Labute approximate surface area is 156 Å². The number of ether oxygens (including phenoxy) is 2. The molecule has 6 nitrogen and oxygen atoms in total. The molecule has 0 bridgehead atoms. The number of hydroxylamine groups is 2. The van der Waals surface area contributed by atoms with Gasteiger partial charge in [0.25, 0.3) is 5.91 Å². The fourth-order valence-electron chi connectivity index (χ4n) is 1.99. The van der Waals surface area contributed by atoms with Crippen molar-refractivity contribution in [2.75, 3.05) is 13.7 Å². The van der Waals surface area contributed by atoms with Crippen LogP contribution in [-0.2, 0) is 15.7 Å². The third kappa shape index (κ3) is 5.35. The minimum Gasteiger partial charge on any atom is -0.468 e. The van der Waals surface area contributed by atoms with E-state index < -0.39 is 30.2 Å². The first kappa shape index (κ1) is 20.5. The van der Waals surface area contributed by atoms with Crippen molar-refractivity contribution in [1.29, 1.82) is 0 Å². The molecule has 0 fully saturated rings. The number of methoxy groups -OCH3 is 1. The second kappa shape index (κ2) is 8.28. The highest BCUT2D eigenvalue weighted by molar-refractivity contribution is 6.32. The summed E-state index contributed by atoms with van der Waals surface area (Å²) in [6, 6.07) is 8.02. The molecule has 2 rings (SSSR count). The van der Waals surface area contributed by atoms with Crippen molar-refractivity contribution in [1.82, 2.24) is 5.06 Å². The van der Waals surface area contributed by atoms with Gasteiger partial charge < -0.3 is 9.47 Å². The van der Waals surface area contributed by atoms with Crippen LogP contribution in [0.2, 0.25) is 5.02 Å². The third-order valence-corrected chi connectivity index (χ3v) is 3.60. The SMILES string of the molecule is COC(=O)CN(O)C(=O)c1cccc(Oc2ccc(C(F)(F)F)cc2Cl)c1. The van der Waals surface area contributed by atoms with Crippen molar-refractivity contribution < 1.29 is 37.4 Å². The van der Waals surface area contributed by atoms with Gasteiger partial charge in [-0.25, -0.2) is 5.06 Å². The van der Waals surface area contributed by atoms with Gasteiger partial charge in [0.2, 0.25) is 0 Å². The van der Waals surface area contributed by atoms with Gasteiger partial charge in [-0.05, 0) is 36.4 Å². The summed E-state index contributed by atoms with van der Waals surface area (Å²) in [5.74, 6) is -1.68. The summed E-state index contributed by atoms with van der Waals surface area (Å²) in [5.41, 5.74) is -0.954. The van der Waals surface area contributed by atoms with Crippen LogP contribution in [0.5, 0.6) is 11.5 Å². The molecule has 0 aromatic heterocycles. The van der Waals surface area contributed by atoms with Crippen molar-refractivity contribution >= 4 is 23.5 Å². The number of carbonyl (C=O) groups is 2. The number of hydrogen-bond acceptors (Lipinski definition) is 5. The molecule has 0 saturated carbocycles. The second-order valence-corrected chi connectivity index (χ2v) is 5.62. The highest BCUT2D eigenvalue weighted by Crippen LogP contribution is 2.36. The molecule has 0 saturated heterocycles. The first-order valence-corrected chi connectivity index (χ1v) is 7.72. The maximum Gasteiger partial charge on any atom is 0.416 e. The van der Waals surface area contributed by atoms with Gasteiger partial charge in [0, 0.05) is 5.56 Å². The zero-order valence-electron chi connectivity index (χ0n) is 13.8. The molecule has 0 aliphatic heterocycles. The number of rotatable bonds is 5. The smallest absolute Gasteiger partial charge is 0.416 e. The Bertz CT molecular complexity index is 857. The number of esters is 1. The minimum atomic E-state index is -4.54. The van der Waals surface area contributed by atoms with Crippen molar-refractivity contribution in [2.24, 2.45) is 0 Å². The van der Waals surface area contributed by atoms with Gasteiger partial charge in [0.1, 0.15) is 18.0 Å². The van der Waals surface area contributed by atoms with Crippen LogP contribution in [0.1, 0.15) is 15.9 Å². The van der Waals surface area contributed by atoms with Crippen LogP contribution in [0.15, 0.2) is 42.5 Å². The Morgan fingerprint density at radius 3 is 2.48 bits per heavy atom. The quantitative estimate of drug-likeness (QED) is 0.461. The summed E-state index contributed by atoms with van der Waals surface area (Å²) in [7, 11) is 1.10. The van der Waals surface area contributed by atoms with Crippen molar-refractivity contribution in [3.8, 4) is 11.5 Å². The maximum atomic E-state index is 12.7. The lowest BCUT2D eigenvalue weighted by molar-refractivity contribution is -0.150. The molecule has 2 aromatic rings. The van der Waals surface area contributed by atoms with Gasteiger partial charge >= 0.3 is 12.1 Å². The van der Waals surface area contributed by atoms with Crippen LogP contribution in [-0.4, -0.2) is 35.8 Å². The maximum absolute atomic E-state index is 12.7. The molecule has 0 aliphatic carbocycles. The van der Waals surface area contributed by atoms with E-state index in [0.29, 0.717) is 0 Å². The number of carbonyl (C=O) groups excluding carboxylic acids is 2. The number of benzene rings is 2. The summed E-state index contributed by atoms with van der Waals surface area (Å²) in [4.78, 5) is 23.2. The molecule has 2 aromatic carbocycles. The normalized spacial score (nSPS) is 11.0. The average Bonchev–Trinajstić information content (AvgIpc) is 2.62. The number of hydrogen-bond donors (Lipinski definition) is 1. The van der Waals surface area contributed by atoms with E-state index in [1.807, 2.05) is 0 Å². The molecule has 10 heteroatoms. The lowest BCUT2D eigenvalue weighted by atomic mass is 10.2. The summed E-state index contributed by atoms with van der Waals surface area (Å²) in [6.07, 6.45) is -4.54. The zero-order valence-corrected chi connectivity index (χ0v) is 14.5. The van der Waals surface area contributed by atoms with Gasteiger partial charge in [-0.3, -0.25) is 14.8 Å². The first-order valence-electron chi connectivity index (χ1n) is 7.34. The Kier molecular flexibility index (Phi) is 6.29. The molecule has 0 atom stereocenters. The van der Waals surface area contributed by atoms with Crippen LogP contribution in [0.25, 0.3) is 0 Å². The highest BCUT2D eigenvalue weighted by atomic mass is 35.5. The summed E-state index contributed by atoms with van der Waals surface area (Å²) >= 11 is 5.82. The minimum absolute atomic E-state index is 0.0260. The van der Waals surface area contributed by atoms with Crippen LogP contribution >= 0.6 is 11.6 Å². The number of amides is 1. The number of halogens is 4. The van der Waals surface area contributed by atoms with Crippen molar-refractivity contribution in [2.45, 2.75) is 6.18 Å². The lowest BCUT2D eigenvalue weighted by Crippen LogP contribution is -2.33. The fraction of sp³-hybridized carbons (Fsp3) is 0.176. The molecule has 0 aliphatic rings. The number of alkyl halides is 3. The topological polar surface area (TPSA) is 76.1 Å². The fourth-order valence-corrected chi connectivity index (χ4v) is 2.21. The molecule has 0 radical (unpaired) electrons. The molecule has 0 unspecified atom stereocenters. The predicted molar refractivity (Wildman–Crippen MR) is 87.8 cm³/mol. The second-order valence-electron chi connectivity index (χ2n) is 5.21. The van der Waals surface area contributed by atoms with E-state index in [4.69, 9.17) is 16.3 Å². The van der Waals surface area contributed by atoms with E-state index in [-0.39, 0.29) is 27.1 Å². The average molecular weight is 404 g/mol. The van der Waals surface area contributed by atoms with Crippen molar-refractivity contribution in [3.05, 3.63) is 58.6 Å². The monoisotopic (exact) mass is 403 g/mol. The molecule has 1 N–H and O–H groups in total. The lowest BCUT2D eigenvalue weighted by Gasteiger charge is -2.14. The molecular weight excluding hydrogens is 391 g/mol. The molecular formula is C17H13ClF3NO5. The highest BCUT2D eigenvalue weighted by Gasteiger charge is 2.31. The summed E-state index contributed by atoms with van der Waals surface area (Å²) in [5, 5.41) is 9.51. The van der Waals surface area contributed by atoms with E-state index in [1.165, 1.54) is 24.3 Å². The van der Waals surface area contributed by atoms with E-state index in [0.717, 1.165) is 25.3 Å². The first-order chi connectivity index (χ1) is 12.6. The van der Waals surface area contributed by atoms with E-state index >= 15 is 0 Å². The van der Waals surface area contributed by atoms with E-state index in [9.17, 15) is 28.0 Å². The van der Waals surface area contributed by atoms with Crippen LogP contribution in [0.3, 0.4) is 0 Å². The van der Waals surface area contributed by atoms with Crippen molar-refractivity contribution in [3.63, 3.8) is 0 Å². The Morgan fingerprint density at radius 2 is 1.89 bits per heavy atom. The Balaban J connectivity index is 2.18. The van der Waals surface area contributed by atoms with Gasteiger partial charge in [-0.1, -0.05) is 17.7 Å². The Hall–Kier alpha value is -2.78. The summed E-state index contributed by atoms with van der Waals surface area (Å²) in [6.45, 7) is -0.675. The largest absolute Gasteiger partial charge is 0.468 e. The third-order valence-electron chi connectivity index (χ3n) is 3.31. The van der Waals surface area contributed by atoms with Gasteiger partial charge in [-0.15, -0.1) is 0 Å². The predicted octanol–water partition coefficient (Wildman–Crippen LogP) is 4.16. The summed E-state index contributed by atoms with van der Waals surface area (Å²) < 4.78 is 47.7. The number of nitrogens with zero attached hydrogens (tertiary/aromatic N) is 1. The molecule has 0 spiro atoms. The zero-order chi connectivity index (χ0) is 20.2. The van der Waals surface area contributed by atoms with Crippen LogP contribution < -0.4 is 4.74 Å². The van der Waals surface area contributed by atoms with E-state index in [2.05, 4.69) is 4.74 Å². The van der Waals surface area contributed by atoms with Crippen LogP contribution in [0.4, 0.5) is 13.2 Å². The van der Waals surface area contributed by atoms with E-state index in [1.54, 1.807) is 0 Å². The van der Waals surface area contributed by atoms with Gasteiger partial charge in [0.05, 0.1) is 17.7 Å². The molecule has 1 amide bonds. The van der Waals surface area contributed by atoms with Crippen LogP contribution in [0, 0.1) is 0 Å². The molecule has 27 heavy (non-hydrogen) atoms. The van der Waals surface area contributed by atoms with Gasteiger partial charge in [0.15, 0.2) is 0 Å². The van der Waals surface area contributed by atoms with Gasteiger partial charge in [-0.2, -0.15) is 13.2 Å². The Morgan fingerprint density at radius 1 is 1.19 bits per heavy atom.